The molecule has 0 aliphatic carbocycles. The van der Waals surface area contributed by atoms with Crippen LogP contribution in [0.3, 0.4) is 0 Å². The molecule has 0 aromatic carbocycles. The molecule has 0 amide bonds. The number of thiol groups is 1. The lowest BCUT2D eigenvalue weighted by Crippen LogP contribution is -1.77. The highest BCUT2D eigenvalue weighted by Crippen LogP contribution is 1.41. The fraction of sp³-hybridized carbons (Fsp3) is 0. The van der Waals surface area contributed by atoms with Crippen molar-refractivity contribution in [2.45, 2.75) is 0 Å². The highest BCUT2D eigenvalue weighted by atomic mass is 32.4. The molecule has 0 N–H and O–H groups in total. The Balaban J connectivity index is 0. The van der Waals surface area contributed by atoms with Gasteiger partial charge in [-0.1, -0.05) is 10.5 Å². The van der Waals surface area contributed by atoms with Gasteiger partial charge in [0.25, 0.3) is 0 Å². The molecule has 0 aliphatic heterocycles. The summed E-state index contributed by atoms with van der Waals surface area (Å²) in [5.41, 5.74) is 0. The van der Waals surface area contributed by atoms with Crippen molar-refractivity contribution in [3.05, 3.63) is 0 Å². The van der Waals surface area contributed by atoms with Gasteiger partial charge in [0.05, 0.1) is 18.8 Å². The smallest absolute Gasteiger partial charge is 0.0928 e. The van der Waals surface area contributed by atoms with Crippen LogP contribution in [0.15, 0.2) is 0 Å². The molecule has 0 aromatic rings. The van der Waals surface area contributed by atoms with E-state index in [0.29, 0.717) is 0 Å². The number of hydrogen-bond acceptors (Lipinski definition) is 3. The molecule has 6 heavy (non-hydrogen) atoms. The summed E-state index contributed by atoms with van der Waals surface area (Å²) >= 11 is 3.67. The third kappa shape index (κ3) is 92.9. The first-order chi connectivity index (χ1) is 2.73. The van der Waals surface area contributed by atoms with Gasteiger partial charge in [0.15, 0.2) is 0 Å². The van der Waals surface area contributed by atoms with E-state index in [1.807, 2.05) is 0 Å². The molecule has 0 saturated carbocycles. The van der Waals surface area contributed by atoms with Gasteiger partial charge in [0, 0.05) is 0 Å². The average molecular weight is 159 g/mol. The fourth-order valence-corrected chi connectivity index (χ4v) is 0. The Morgan fingerprint density at radius 2 is 1.67 bits per heavy atom. The summed E-state index contributed by atoms with van der Waals surface area (Å²) < 4.78 is 18.1. The molecule has 40 valence electrons. The first-order valence-electron chi connectivity index (χ1n) is 1.19. The zero-order valence-electron chi connectivity index (χ0n) is 3.67. The minimum Gasteiger partial charge on any atom is -0.778 e. The van der Waals surface area contributed by atoms with Gasteiger partial charge in [0.2, 0.25) is 0 Å². The van der Waals surface area contributed by atoms with Crippen LogP contribution in [-0.4, -0.2) is 27.5 Å². The van der Waals surface area contributed by atoms with Crippen molar-refractivity contribution in [3.63, 3.8) is 0 Å². The summed E-state index contributed by atoms with van der Waals surface area (Å²) in [4.78, 5) is 0. The molecule has 0 bridgehead atoms. The van der Waals surface area contributed by atoms with E-state index < -0.39 is 10.5 Å². The van der Waals surface area contributed by atoms with Crippen LogP contribution in [0.25, 0.3) is 0 Å². The van der Waals surface area contributed by atoms with E-state index in [4.69, 9.17) is 8.76 Å². The molecule has 1 unspecified atom stereocenters. The second kappa shape index (κ2) is 9.31. The lowest BCUT2D eigenvalue weighted by Gasteiger charge is -1.85. The third-order valence-electron chi connectivity index (χ3n) is 0. The Bertz CT molecular complexity index is 32.5. The Morgan fingerprint density at radius 3 is 1.67 bits per heavy atom. The molecule has 0 saturated heterocycles. The first-order valence-corrected chi connectivity index (χ1v) is 8.70. The molecular formula is H7O2S2Si2-. The zero-order chi connectivity index (χ0) is 5.58. The zero-order valence-corrected chi connectivity index (χ0v) is 9.38. The van der Waals surface area contributed by atoms with Crippen molar-refractivity contribution in [2.75, 3.05) is 0 Å². The molecule has 0 fully saturated rings. The quantitative estimate of drug-likeness (QED) is 0.238. The summed E-state index contributed by atoms with van der Waals surface area (Å²) in [6.07, 6.45) is 0. The monoisotopic (exact) mass is 159 g/mol. The van der Waals surface area contributed by atoms with Crippen molar-refractivity contribution >= 4 is 41.4 Å². The minimum atomic E-state index is -1.72. The molecule has 0 rings (SSSR count). The van der Waals surface area contributed by atoms with Crippen LogP contribution in [0.4, 0.5) is 0 Å². The second-order valence-electron chi connectivity index (χ2n) is 0.401. The maximum absolute atomic E-state index is 9.06. The van der Waals surface area contributed by atoms with E-state index in [1.54, 1.807) is 0 Å². The standard InChI is InChI=1S/H4O2SSi.H4SSi/c1-3(2)4;1-2/h4H3,(H,1,2);1H,2H3/p-1. The van der Waals surface area contributed by atoms with E-state index in [2.05, 4.69) is 12.1 Å². The van der Waals surface area contributed by atoms with Gasteiger partial charge >= 0.3 is 0 Å². The molecule has 0 spiro atoms. The highest BCUT2D eigenvalue weighted by Gasteiger charge is 1.42. The Hall–Kier alpha value is 0.894. The van der Waals surface area contributed by atoms with E-state index in [9.17, 15) is 0 Å². The predicted octanol–water partition coefficient (Wildman–Crippen LogP) is -2.66. The van der Waals surface area contributed by atoms with E-state index in [-0.39, 0.29) is 9.39 Å². The second-order valence-corrected chi connectivity index (χ2v) is 3.20. The van der Waals surface area contributed by atoms with Gasteiger partial charge in [-0.25, -0.2) is 12.1 Å². The Labute approximate surface area is 50.5 Å². The van der Waals surface area contributed by atoms with Gasteiger partial charge in [-0.2, -0.15) is 0 Å². The average Bonchev–Trinajstić information content (AvgIpc) is 1.41. The molecule has 0 heterocycles. The summed E-state index contributed by atoms with van der Waals surface area (Å²) in [7, 11) is -0.457. The molecule has 0 aliphatic rings. The minimum absolute atomic E-state index is 0.265. The van der Waals surface area contributed by atoms with Crippen LogP contribution < -0.4 is 0 Å². The largest absolute Gasteiger partial charge is 0.778 e. The molecule has 6 heteroatoms. The summed E-state index contributed by atoms with van der Waals surface area (Å²) in [5, 5.41) is 0. The highest BCUT2D eigenvalue weighted by molar-refractivity contribution is 8.03. The lowest BCUT2D eigenvalue weighted by atomic mass is 15.9. The fourth-order valence-electron chi connectivity index (χ4n) is 0. The summed E-state index contributed by atoms with van der Waals surface area (Å²) in [6, 6.07) is 0. The number of rotatable bonds is 0. The maximum atomic E-state index is 9.06. The van der Waals surface area contributed by atoms with Gasteiger partial charge in [-0.3, -0.25) is 4.21 Å². The van der Waals surface area contributed by atoms with Gasteiger partial charge in [-0.15, -0.1) is 0 Å². The van der Waals surface area contributed by atoms with Gasteiger partial charge < -0.3 is 4.55 Å². The molecule has 0 aromatic heterocycles. The Morgan fingerprint density at radius 1 is 1.67 bits per heavy atom. The normalized spacial score (nSPS) is 12.3. The summed E-state index contributed by atoms with van der Waals surface area (Å²) in [6.45, 7) is 0. The van der Waals surface area contributed by atoms with Crippen LogP contribution >= 0.6 is 12.1 Å². The van der Waals surface area contributed by atoms with Crippen LogP contribution in [0.5, 0.6) is 0 Å². The predicted molar refractivity (Wildman–Crippen MR) is 37.8 cm³/mol. The van der Waals surface area contributed by atoms with Crippen LogP contribution in [0.1, 0.15) is 0 Å². The molecular weight excluding hydrogens is 152 g/mol. The third-order valence-corrected chi connectivity index (χ3v) is 0. The van der Waals surface area contributed by atoms with Crippen molar-refractivity contribution in [2.24, 2.45) is 0 Å². The van der Waals surface area contributed by atoms with Crippen molar-refractivity contribution in [1.29, 1.82) is 0 Å². The van der Waals surface area contributed by atoms with Crippen LogP contribution in [-0.2, 0) is 10.5 Å². The van der Waals surface area contributed by atoms with Crippen molar-refractivity contribution < 1.29 is 8.76 Å². The van der Waals surface area contributed by atoms with Crippen LogP contribution in [0.2, 0.25) is 0 Å². The van der Waals surface area contributed by atoms with E-state index in [1.165, 1.54) is 0 Å². The molecule has 2 nitrogen and oxygen atoms in total. The summed E-state index contributed by atoms with van der Waals surface area (Å²) in [5.74, 6) is 0. The van der Waals surface area contributed by atoms with Crippen LogP contribution in [0, 0.1) is 0 Å². The van der Waals surface area contributed by atoms with Crippen molar-refractivity contribution in [3.8, 4) is 0 Å². The van der Waals surface area contributed by atoms with Gasteiger partial charge in [-0.05, 0) is 0 Å². The van der Waals surface area contributed by atoms with Gasteiger partial charge in [0.1, 0.15) is 0 Å². The molecule has 1 atom stereocenters. The maximum Gasteiger partial charge on any atom is 0.0928 e. The van der Waals surface area contributed by atoms with Crippen molar-refractivity contribution in [1.82, 2.24) is 0 Å². The number of hydrogen-bond donors (Lipinski definition) is 1. The van der Waals surface area contributed by atoms with E-state index in [0.717, 1.165) is 9.39 Å². The lowest BCUT2D eigenvalue weighted by molar-refractivity contribution is 0.552. The SMILES string of the molecule is O=S([O-])[SiH3].[SiH3]S. The van der Waals surface area contributed by atoms with E-state index >= 15 is 0 Å². The topological polar surface area (TPSA) is 40.1 Å². The Kier molecular flexibility index (Phi) is 15.5. The molecule has 0 radical (unpaired) electrons. The first kappa shape index (κ1) is 10.00.